The van der Waals surface area contributed by atoms with Crippen molar-refractivity contribution in [3.8, 4) is 0 Å². The van der Waals surface area contributed by atoms with Crippen molar-refractivity contribution >= 4 is 17.6 Å². The van der Waals surface area contributed by atoms with E-state index < -0.39 is 0 Å². The van der Waals surface area contributed by atoms with Gasteiger partial charge in [-0.3, -0.25) is 9.69 Å². The number of nitrogens with zero attached hydrogens (tertiary/aromatic N) is 2. The van der Waals surface area contributed by atoms with Crippen LogP contribution in [0.5, 0.6) is 0 Å². The monoisotopic (exact) mass is 360 g/mol. The lowest BCUT2D eigenvalue weighted by Crippen LogP contribution is -2.53. The number of hydrogen-bond acceptors (Lipinski definition) is 4. The highest BCUT2D eigenvalue weighted by molar-refractivity contribution is 5.96. The van der Waals surface area contributed by atoms with Crippen LogP contribution in [0, 0.1) is 6.92 Å². The number of rotatable bonds is 5. The summed E-state index contributed by atoms with van der Waals surface area (Å²) in [6, 6.07) is 5.78. The smallest absolute Gasteiger partial charge is 0.321 e. The summed E-state index contributed by atoms with van der Waals surface area (Å²) in [4.78, 5) is 29.1. The fourth-order valence-electron chi connectivity index (χ4n) is 3.68. The first-order valence-corrected chi connectivity index (χ1v) is 9.26. The topological polar surface area (TPSA) is 73.9 Å². The number of piperazine rings is 1. The number of hydrogen-bond donors (Lipinski definition) is 2. The van der Waals surface area contributed by atoms with Crippen LogP contribution in [0.25, 0.3) is 0 Å². The van der Waals surface area contributed by atoms with Gasteiger partial charge in [0.1, 0.15) is 0 Å². The lowest BCUT2D eigenvalue weighted by Gasteiger charge is -2.37. The van der Waals surface area contributed by atoms with Crippen molar-refractivity contribution in [2.75, 3.05) is 51.8 Å². The second kappa shape index (κ2) is 8.51. The Labute approximate surface area is 154 Å². The largest absolute Gasteiger partial charge is 0.383 e. The second-order valence-corrected chi connectivity index (χ2v) is 6.99. The van der Waals surface area contributed by atoms with E-state index in [1.165, 1.54) is 12.8 Å². The Balaban J connectivity index is 1.57. The molecular formula is C19H28N4O3. The fraction of sp³-hybridized carbons (Fsp3) is 0.579. The Hall–Kier alpha value is -2.12. The molecule has 1 aromatic rings. The Morgan fingerprint density at radius 2 is 2.12 bits per heavy atom. The predicted molar refractivity (Wildman–Crippen MR) is 101 cm³/mol. The standard InChI is InChI=1S/C19H28N4O3/c1-14-12-15(18(24)20-7-11-26-2)5-6-17(14)21-19(25)23-10-9-22-8-3-4-16(22)13-23/h5-6,12,16H,3-4,7-11,13H2,1-2H3,(H,20,24)(H,21,25)/t16-/m0/s1. The van der Waals surface area contributed by atoms with Gasteiger partial charge in [-0.2, -0.15) is 0 Å². The second-order valence-electron chi connectivity index (χ2n) is 6.99. The van der Waals surface area contributed by atoms with Crippen LogP contribution in [-0.4, -0.2) is 74.2 Å². The number of fused-ring (bicyclic) bond motifs is 1. The molecule has 7 nitrogen and oxygen atoms in total. The molecule has 7 heteroatoms. The van der Waals surface area contributed by atoms with Crippen molar-refractivity contribution in [2.45, 2.75) is 25.8 Å². The number of methoxy groups -OCH3 is 1. The Morgan fingerprint density at radius 3 is 2.88 bits per heavy atom. The lowest BCUT2D eigenvalue weighted by molar-refractivity contribution is 0.0937. The molecule has 0 spiro atoms. The first-order valence-electron chi connectivity index (χ1n) is 9.26. The lowest BCUT2D eigenvalue weighted by atomic mass is 10.1. The summed E-state index contributed by atoms with van der Waals surface area (Å²) < 4.78 is 4.93. The maximum atomic E-state index is 12.6. The van der Waals surface area contributed by atoms with Gasteiger partial charge in [0, 0.05) is 50.6 Å². The molecule has 0 aromatic heterocycles. The zero-order valence-electron chi connectivity index (χ0n) is 15.6. The molecule has 2 saturated heterocycles. The van der Waals surface area contributed by atoms with Gasteiger partial charge in [0.15, 0.2) is 0 Å². The fourth-order valence-corrected chi connectivity index (χ4v) is 3.68. The SMILES string of the molecule is COCCNC(=O)c1ccc(NC(=O)N2CCN3CCC[C@H]3C2)c(C)c1. The van der Waals surface area contributed by atoms with E-state index in [4.69, 9.17) is 4.74 Å². The number of carbonyl (C=O) groups is 2. The normalized spacial score (nSPS) is 19.9. The third kappa shape index (κ3) is 4.34. The molecular weight excluding hydrogens is 332 g/mol. The van der Waals surface area contributed by atoms with Crippen LogP contribution in [-0.2, 0) is 4.74 Å². The number of aryl methyl sites for hydroxylation is 1. The number of anilines is 1. The maximum absolute atomic E-state index is 12.6. The van der Waals surface area contributed by atoms with Gasteiger partial charge in [0.05, 0.1) is 6.61 Å². The third-order valence-corrected chi connectivity index (χ3v) is 5.20. The molecule has 0 radical (unpaired) electrons. The first-order chi connectivity index (χ1) is 12.6. The van der Waals surface area contributed by atoms with Crippen LogP contribution in [0.15, 0.2) is 18.2 Å². The summed E-state index contributed by atoms with van der Waals surface area (Å²) in [5.41, 5.74) is 2.20. The van der Waals surface area contributed by atoms with Gasteiger partial charge in [0.25, 0.3) is 5.91 Å². The predicted octanol–water partition coefficient (Wildman–Crippen LogP) is 1.68. The molecule has 0 aliphatic carbocycles. The molecule has 2 heterocycles. The molecule has 2 aliphatic heterocycles. The molecule has 2 aliphatic rings. The summed E-state index contributed by atoms with van der Waals surface area (Å²) in [6.45, 7) is 6.53. The zero-order valence-corrected chi connectivity index (χ0v) is 15.6. The van der Waals surface area contributed by atoms with Gasteiger partial charge in [-0.1, -0.05) is 0 Å². The molecule has 0 saturated carbocycles. The molecule has 2 fully saturated rings. The number of amides is 3. The highest BCUT2D eigenvalue weighted by Crippen LogP contribution is 2.23. The van der Waals surface area contributed by atoms with Gasteiger partial charge in [-0.25, -0.2) is 4.79 Å². The molecule has 0 unspecified atom stereocenters. The summed E-state index contributed by atoms with van der Waals surface area (Å²) in [6.07, 6.45) is 2.41. The molecule has 26 heavy (non-hydrogen) atoms. The molecule has 1 atom stereocenters. The maximum Gasteiger partial charge on any atom is 0.321 e. The van der Waals surface area contributed by atoms with Crippen molar-refractivity contribution in [2.24, 2.45) is 0 Å². The van der Waals surface area contributed by atoms with Crippen molar-refractivity contribution in [1.82, 2.24) is 15.1 Å². The highest BCUT2D eigenvalue weighted by Gasteiger charge is 2.32. The first kappa shape index (κ1) is 18.7. The van der Waals surface area contributed by atoms with Gasteiger partial charge < -0.3 is 20.3 Å². The van der Waals surface area contributed by atoms with Crippen molar-refractivity contribution < 1.29 is 14.3 Å². The van der Waals surface area contributed by atoms with E-state index in [1.54, 1.807) is 25.3 Å². The number of benzene rings is 1. The third-order valence-electron chi connectivity index (χ3n) is 5.20. The van der Waals surface area contributed by atoms with Gasteiger partial charge in [-0.05, 0) is 50.1 Å². The van der Waals surface area contributed by atoms with Crippen LogP contribution in [0.4, 0.5) is 10.5 Å². The van der Waals surface area contributed by atoms with Crippen molar-refractivity contribution in [1.29, 1.82) is 0 Å². The highest BCUT2D eigenvalue weighted by atomic mass is 16.5. The summed E-state index contributed by atoms with van der Waals surface area (Å²) >= 11 is 0. The van der Waals surface area contributed by atoms with E-state index >= 15 is 0 Å². The summed E-state index contributed by atoms with van der Waals surface area (Å²) in [5.74, 6) is -0.139. The van der Waals surface area contributed by atoms with Crippen LogP contribution < -0.4 is 10.6 Å². The number of ether oxygens (including phenoxy) is 1. The molecule has 1 aromatic carbocycles. The van der Waals surface area contributed by atoms with E-state index in [2.05, 4.69) is 15.5 Å². The quantitative estimate of drug-likeness (QED) is 0.784. The Kier molecular flexibility index (Phi) is 6.11. The zero-order chi connectivity index (χ0) is 18.5. The molecule has 2 N–H and O–H groups in total. The van der Waals surface area contributed by atoms with E-state index in [-0.39, 0.29) is 11.9 Å². The van der Waals surface area contributed by atoms with Crippen molar-refractivity contribution in [3.63, 3.8) is 0 Å². The Morgan fingerprint density at radius 1 is 1.27 bits per heavy atom. The van der Waals surface area contributed by atoms with Crippen LogP contribution in [0.1, 0.15) is 28.8 Å². The summed E-state index contributed by atoms with van der Waals surface area (Å²) in [7, 11) is 1.60. The minimum atomic E-state index is -0.139. The average Bonchev–Trinajstić information content (AvgIpc) is 3.11. The minimum Gasteiger partial charge on any atom is -0.383 e. The van der Waals surface area contributed by atoms with E-state index in [1.807, 2.05) is 11.8 Å². The van der Waals surface area contributed by atoms with Crippen LogP contribution in [0.2, 0.25) is 0 Å². The van der Waals surface area contributed by atoms with Gasteiger partial charge in [-0.15, -0.1) is 0 Å². The molecule has 3 amide bonds. The average molecular weight is 360 g/mol. The summed E-state index contributed by atoms with van der Waals surface area (Å²) in [5, 5.41) is 5.79. The van der Waals surface area contributed by atoms with E-state index in [0.29, 0.717) is 24.8 Å². The van der Waals surface area contributed by atoms with Gasteiger partial charge in [0.2, 0.25) is 0 Å². The molecule has 142 valence electrons. The van der Waals surface area contributed by atoms with E-state index in [9.17, 15) is 9.59 Å². The number of urea groups is 1. The number of nitrogens with one attached hydrogen (secondary N) is 2. The Bertz CT molecular complexity index is 664. The molecule has 3 rings (SSSR count). The van der Waals surface area contributed by atoms with E-state index in [0.717, 1.165) is 37.4 Å². The minimum absolute atomic E-state index is 0.0584. The van der Waals surface area contributed by atoms with Crippen molar-refractivity contribution in [3.05, 3.63) is 29.3 Å². The number of carbonyl (C=O) groups excluding carboxylic acids is 2. The van der Waals surface area contributed by atoms with Gasteiger partial charge >= 0.3 is 6.03 Å². The van der Waals surface area contributed by atoms with Crippen LogP contribution in [0.3, 0.4) is 0 Å². The molecule has 0 bridgehead atoms. The van der Waals surface area contributed by atoms with Crippen LogP contribution >= 0.6 is 0 Å².